The summed E-state index contributed by atoms with van der Waals surface area (Å²) in [7, 11) is 0. The summed E-state index contributed by atoms with van der Waals surface area (Å²) in [6.45, 7) is 3.65. The maximum Gasteiger partial charge on any atom is 0.248 e. The van der Waals surface area contributed by atoms with Gasteiger partial charge in [0.1, 0.15) is 6.04 Å². The molecule has 0 bridgehead atoms. The van der Waals surface area contributed by atoms with E-state index >= 15 is 0 Å². The van der Waals surface area contributed by atoms with E-state index in [0.717, 1.165) is 21.2 Å². The van der Waals surface area contributed by atoms with Gasteiger partial charge in [0.25, 0.3) is 0 Å². The van der Waals surface area contributed by atoms with Crippen molar-refractivity contribution in [3.63, 3.8) is 0 Å². The van der Waals surface area contributed by atoms with Crippen LogP contribution in [-0.2, 0) is 4.79 Å². The molecule has 0 fully saturated rings. The van der Waals surface area contributed by atoms with Gasteiger partial charge in [-0.2, -0.15) is 5.10 Å². The lowest BCUT2D eigenvalue weighted by Crippen LogP contribution is -2.25. The maximum atomic E-state index is 12.7. The molecule has 1 amide bonds. The lowest BCUT2D eigenvalue weighted by atomic mass is 10.2. The molecule has 4 nitrogen and oxygen atoms in total. The van der Waals surface area contributed by atoms with Crippen LogP contribution in [-0.4, -0.2) is 15.7 Å². The van der Waals surface area contributed by atoms with Crippen molar-refractivity contribution in [1.82, 2.24) is 9.78 Å². The average molecular weight is 372 g/mol. The Labute approximate surface area is 156 Å². The Hall–Kier alpha value is -2.24. The highest BCUT2D eigenvalue weighted by Crippen LogP contribution is 2.33. The Morgan fingerprint density at radius 2 is 1.84 bits per heavy atom. The fourth-order valence-corrected chi connectivity index (χ4v) is 3.47. The van der Waals surface area contributed by atoms with Crippen molar-refractivity contribution in [3.8, 4) is 0 Å². The largest absolute Gasteiger partial charge is 0.323 e. The van der Waals surface area contributed by atoms with Crippen LogP contribution in [0.3, 0.4) is 0 Å². The van der Waals surface area contributed by atoms with Crippen LogP contribution in [0.25, 0.3) is 0 Å². The molecular weight excluding hydrogens is 354 g/mol. The number of rotatable bonds is 5. The second-order valence-electron chi connectivity index (χ2n) is 5.60. The summed E-state index contributed by atoms with van der Waals surface area (Å²) in [5, 5.41) is 7.74. The zero-order valence-corrected chi connectivity index (χ0v) is 15.5. The van der Waals surface area contributed by atoms with Gasteiger partial charge in [-0.25, -0.2) is 0 Å². The molecule has 0 aliphatic carbocycles. The summed E-state index contributed by atoms with van der Waals surface area (Å²) in [5.41, 5.74) is 1.56. The fraction of sp³-hybridized carbons (Fsp3) is 0.158. The molecule has 0 saturated carbocycles. The van der Waals surface area contributed by atoms with Crippen LogP contribution >= 0.6 is 23.4 Å². The topological polar surface area (TPSA) is 46.9 Å². The Balaban J connectivity index is 1.78. The minimum atomic E-state index is -0.456. The van der Waals surface area contributed by atoms with Gasteiger partial charge in [0.15, 0.2) is 0 Å². The van der Waals surface area contributed by atoms with Gasteiger partial charge in [-0.3, -0.25) is 9.48 Å². The molecule has 1 aromatic heterocycles. The van der Waals surface area contributed by atoms with Crippen molar-refractivity contribution in [2.24, 2.45) is 0 Å². The van der Waals surface area contributed by atoms with Crippen LogP contribution in [0, 0.1) is 6.92 Å². The van der Waals surface area contributed by atoms with Gasteiger partial charge in [-0.15, -0.1) is 0 Å². The first-order valence-electron chi connectivity index (χ1n) is 7.88. The van der Waals surface area contributed by atoms with E-state index in [4.69, 9.17) is 11.6 Å². The highest BCUT2D eigenvalue weighted by atomic mass is 35.5. The molecular formula is C19H18ClN3OS. The van der Waals surface area contributed by atoms with Crippen molar-refractivity contribution >= 4 is 35.0 Å². The molecule has 6 heteroatoms. The number of hydrogen-bond donors (Lipinski definition) is 1. The maximum absolute atomic E-state index is 12.7. The normalized spacial score (nSPS) is 12.0. The first kappa shape index (κ1) is 17.6. The van der Waals surface area contributed by atoms with Crippen LogP contribution in [0.4, 0.5) is 5.69 Å². The first-order chi connectivity index (χ1) is 12.1. The van der Waals surface area contributed by atoms with Crippen molar-refractivity contribution in [1.29, 1.82) is 0 Å². The van der Waals surface area contributed by atoms with Gasteiger partial charge >= 0.3 is 0 Å². The Bertz CT molecular complexity index is 879. The number of carbonyl (C=O) groups excluding carboxylic acids is 1. The van der Waals surface area contributed by atoms with Crippen LogP contribution in [0.15, 0.2) is 70.6 Å². The summed E-state index contributed by atoms with van der Waals surface area (Å²) in [5.74, 6) is -0.135. The molecule has 0 spiro atoms. The highest BCUT2D eigenvalue weighted by Gasteiger charge is 2.19. The SMILES string of the molecule is Cc1c(Cl)cnn1C(C)C(=O)Nc1ccccc1Sc1ccccc1. The Morgan fingerprint density at radius 1 is 1.16 bits per heavy atom. The van der Waals surface area contributed by atoms with E-state index in [9.17, 15) is 4.79 Å². The summed E-state index contributed by atoms with van der Waals surface area (Å²) in [6, 6.07) is 17.4. The van der Waals surface area contributed by atoms with Crippen molar-refractivity contribution < 1.29 is 4.79 Å². The molecule has 25 heavy (non-hydrogen) atoms. The van der Waals surface area contributed by atoms with Gasteiger partial charge in [0, 0.05) is 9.79 Å². The molecule has 0 radical (unpaired) electrons. The minimum Gasteiger partial charge on any atom is -0.323 e. The van der Waals surface area contributed by atoms with E-state index in [1.54, 1.807) is 29.6 Å². The van der Waals surface area contributed by atoms with Crippen molar-refractivity contribution in [3.05, 3.63) is 71.5 Å². The van der Waals surface area contributed by atoms with E-state index in [2.05, 4.69) is 10.4 Å². The predicted molar refractivity (Wildman–Crippen MR) is 102 cm³/mol. The summed E-state index contributed by atoms with van der Waals surface area (Å²) >= 11 is 7.65. The minimum absolute atomic E-state index is 0.135. The number of para-hydroxylation sites is 1. The zero-order chi connectivity index (χ0) is 17.8. The van der Waals surface area contributed by atoms with E-state index in [1.807, 2.05) is 61.5 Å². The summed E-state index contributed by atoms with van der Waals surface area (Å²) in [4.78, 5) is 14.8. The number of nitrogens with zero attached hydrogens (tertiary/aromatic N) is 2. The quantitative estimate of drug-likeness (QED) is 0.670. The van der Waals surface area contributed by atoms with E-state index in [-0.39, 0.29) is 5.91 Å². The molecule has 3 aromatic rings. The van der Waals surface area contributed by atoms with Crippen LogP contribution in [0.1, 0.15) is 18.7 Å². The van der Waals surface area contributed by atoms with Gasteiger partial charge in [0.05, 0.1) is 22.6 Å². The average Bonchev–Trinajstić information content (AvgIpc) is 2.96. The third kappa shape index (κ3) is 4.06. The summed E-state index contributed by atoms with van der Waals surface area (Å²) in [6.07, 6.45) is 1.56. The van der Waals surface area contributed by atoms with Crippen LogP contribution in [0.5, 0.6) is 0 Å². The molecule has 1 atom stereocenters. The lowest BCUT2D eigenvalue weighted by molar-refractivity contribution is -0.119. The Kier molecular flexibility index (Phi) is 5.46. The number of benzene rings is 2. The molecule has 1 heterocycles. The standard InChI is InChI=1S/C19H18ClN3OS/c1-13-16(20)12-21-23(13)14(2)19(24)22-17-10-6-7-11-18(17)25-15-8-4-3-5-9-15/h3-12,14H,1-2H3,(H,22,24). The molecule has 0 aliphatic rings. The molecule has 3 rings (SSSR count). The third-order valence-corrected chi connectivity index (χ3v) is 5.30. The number of carbonyl (C=O) groups is 1. The zero-order valence-electron chi connectivity index (χ0n) is 13.9. The second-order valence-corrected chi connectivity index (χ2v) is 7.12. The monoisotopic (exact) mass is 371 g/mol. The molecule has 0 saturated heterocycles. The molecule has 1 N–H and O–H groups in total. The highest BCUT2D eigenvalue weighted by molar-refractivity contribution is 7.99. The molecule has 128 valence electrons. The van der Waals surface area contributed by atoms with Gasteiger partial charge < -0.3 is 5.32 Å². The van der Waals surface area contributed by atoms with E-state index in [1.165, 1.54) is 0 Å². The van der Waals surface area contributed by atoms with E-state index in [0.29, 0.717) is 5.02 Å². The van der Waals surface area contributed by atoms with Gasteiger partial charge in [-0.1, -0.05) is 53.7 Å². The molecule has 0 aliphatic heterocycles. The van der Waals surface area contributed by atoms with Crippen molar-refractivity contribution in [2.75, 3.05) is 5.32 Å². The fourth-order valence-electron chi connectivity index (χ4n) is 2.42. The predicted octanol–water partition coefficient (Wildman–Crippen LogP) is 5.20. The second kappa shape index (κ2) is 7.76. The number of nitrogens with one attached hydrogen (secondary N) is 1. The molecule has 2 aromatic carbocycles. The first-order valence-corrected chi connectivity index (χ1v) is 9.08. The number of anilines is 1. The van der Waals surface area contributed by atoms with Crippen molar-refractivity contribution in [2.45, 2.75) is 29.7 Å². The number of amides is 1. The molecule has 1 unspecified atom stereocenters. The number of hydrogen-bond acceptors (Lipinski definition) is 3. The number of halogens is 1. The van der Waals surface area contributed by atoms with Gasteiger partial charge in [0.2, 0.25) is 5.91 Å². The van der Waals surface area contributed by atoms with Gasteiger partial charge in [-0.05, 0) is 38.1 Å². The summed E-state index contributed by atoms with van der Waals surface area (Å²) < 4.78 is 1.63. The lowest BCUT2D eigenvalue weighted by Gasteiger charge is -2.16. The number of aromatic nitrogens is 2. The van der Waals surface area contributed by atoms with E-state index < -0.39 is 6.04 Å². The third-order valence-electron chi connectivity index (χ3n) is 3.85. The van der Waals surface area contributed by atoms with Crippen LogP contribution in [0.2, 0.25) is 5.02 Å². The Morgan fingerprint density at radius 3 is 2.52 bits per heavy atom. The smallest absolute Gasteiger partial charge is 0.248 e. The van der Waals surface area contributed by atoms with Crippen LogP contribution < -0.4 is 5.32 Å².